The average molecular weight is 1370 g/mol. The van der Waals surface area contributed by atoms with E-state index in [1.165, 1.54) is 186 Å². The highest BCUT2D eigenvalue weighted by Gasteiger charge is 2.30. The summed E-state index contributed by atoms with van der Waals surface area (Å²) in [4.78, 5) is 72.7. The van der Waals surface area contributed by atoms with E-state index >= 15 is 0 Å². The Hall–Kier alpha value is -1.94. The summed E-state index contributed by atoms with van der Waals surface area (Å²) in [6.45, 7) is 11.9. The maximum Gasteiger partial charge on any atom is 0.472 e. The van der Waals surface area contributed by atoms with Crippen molar-refractivity contribution in [2.24, 2.45) is 17.8 Å². The van der Waals surface area contributed by atoms with Crippen molar-refractivity contribution in [3.05, 3.63) is 0 Å². The summed E-state index contributed by atoms with van der Waals surface area (Å²) >= 11 is 0. The fourth-order valence-corrected chi connectivity index (χ4v) is 12.8. The number of carbonyl (C=O) groups excluding carboxylic acids is 4. The largest absolute Gasteiger partial charge is 0.472 e. The van der Waals surface area contributed by atoms with Crippen molar-refractivity contribution in [2.75, 3.05) is 39.6 Å². The molecule has 7 atom stereocenters. The van der Waals surface area contributed by atoms with Crippen LogP contribution in [0.3, 0.4) is 0 Å². The summed E-state index contributed by atoms with van der Waals surface area (Å²) in [5.74, 6) is 0.221. The van der Waals surface area contributed by atoms with E-state index in [2.05, 4.69) is 48.5 Å². The molecule has 0 bridgehead atoms. The smallest absolute Gasteiger partial charge is 0.462 e. The van der Waals surface area contributed by atoms with Crippen molar-refractivity contribution in [1.82, 2.24) is 0 Å². The molecule has 0 spiro atoms. The molecule has 0 rings (SSSR count). The van der Waals surface area contributed by atoms with Gasteiger partial charge in [-0.15, -0.1) is 0 Å². The van der Waals surface area contributed by atoms with E-state index in [9.17, 15) is 43.2 Å². The van der Waals surface area contributed by atoms with E-state index < -0.39 is 97.5 Å². The zero-order valence-electron chi connectivity index (χ0n) is 60.7. The number of esters is 4. The maximum absolute atomic E-state index is 13.1. The highest BCUT2D eigenvalue weighted by Crippen LogP contribution is 2.45. The molecule has 0 aliphatic heterocycles. The normalized spacial score (nSPS) is 14.7. The van der Waals surface area contributed by atoms with Gasteiger partial charge < -0.3 is 33.8 Å². The van der Waals surface area contributed by atoms with Gasteiger partial charge in [0.2, 0.25) is 0 Å². The molecule has 0 saturated heterocycles. The highest BCUT2D eigenvalue weighted by atomic mass is 31.2. The summed E-state index contributed by atoms with van der Waals surface area (Å²) in [6.07, 6.45) is 49.7. The molecule has 552 valence electrons. The van der Waals surface area contributed by atoms with E-state index in [0.717, 1.165) is 108 Å². The van der Waals surface area contributed by atoms with Crippen molar-refractivity contribution < 1.29 is 80.2 Å². The number of aliphatic hydroxyl groups is 1. The minimum absolute atomic E-state index is 0.105. The molecular formula is C74H144O17P2. The molecule has 0 radical (unpaired) electrons. The number of carbonyl (C=O) groups is 4. The van der Waals surface area contributed by atoms with Crippen LogP contribution < -0.4 is 0 Å². The Bertz CT molecular complexity index is 1820. The molecule has 0 fully saturated rings. The lowest BCUT2D eigenvalue weighted by atomic mass is 9.99. The SMILES string of the molecule is CCCCCCCCCCCCCCC(=O)OC[C@H](COP(=O)(O)OC[C@H](O)COP(=O)(O)OC[C@@H](COC(=O)CCCCCCCCCCC(C)CC)OC(=O)CCCCCCCCCCCCCCCCC(C)C)OC(=O)CCCCCCCCCCC(C)CC. The number of phosphoric ester groups is 2. The number of rotatable bonds is 72. The van der Waals surface area contributed by atoms with Crippen LogP contribution in [-0.4, -0.2) is 96.7 Å². The van der Waals surface area contributed by atoms with Gasteiger partial charge in [-0.05, 0) is 43.4 Å². The Kier molecular flexibility index (Phi) is 63.4. The number of hydrogen-bond donors (Lipinski definition) is 3. The van der Waals surface area contributed by atoms with Crippen LogP contribution in [-0.2, 0) is 65.4 Å². The van der Waals surface area contributed by atoms with Gasteiger partial charge >= 0.3 is 39.5 Å². The molecule has 0 heterocycles. The van der Waals surface area contributed by atoms with Gasteiger partial charge in [0.05, 0.1) is 26.4 Å². The number of phosphoric acid groups is 2. The van der Waals surface area contributed by atoms with Crippen molar-refractivity contribution >= 4 is 39.5 Å². The van der Waals surface area contributed by atoms with Crippen LogP contribution in [0.2, 0.25) is 0 Å². The molecule has 0 saturated carbocycles. The summed E-state index contributed by atoms with van der Waals surface area (Å²) in [5, 5.41) is 10.6. The molecule has 0 aromatic carbocycles. The zero-order chi connectivity index (χ0) is 68.7. The zero-order valence-corrected chi connectivity index (χ0v) is 62.5. The van der Waals surface area contributed by atoms with Gasteiger partial charge in [0, 0.05) is 25.7 Å². The Labute approximate surface area is 568 Å². The summed E-state index contributed by atoms with van der Waals surface area (Å²) in [6, 6.07) is 0. The van der Waals surface area contributed by atoms with Crippen LogP contribution in [0.1, 0.15) is 376 Å². The fraction of sp³-hybridized carbons (Fsp3) is 0.946. The molecule has 93 heavy (non-hydrogen) atoms. The Balaban J connectivity index is 5.26. The minimum Gasteiger partial charge on any atom is -0.462 e. The number of unbranched alkanes of at least 4 members (excludes halogenated alkanes) is 38. The lowest BCUT2D eigenvalue weighted by molar-refractivity contribution is -0.161. The van der Waals surface area contributed by atoms with Crippen LogP contribution in [0.15, 0.2) is 0 Å². The maximum atomic E-state index is 13.1. The third-order valence-corrected chi connectivity index (χ3v) is 19.8. The van der Waals surface area contributed by atoms with Gasteiger partial charge in [0.15, 0.2) is 12.2 Å². The first-order chi connectivity index (χ1) is 44.8. The molecular weight excluding hydrogens is 1220 g/mol. The number of aliphatic hydroxyl groups excluding tert-OH is 1. The van der Waals surface area contributed by atoms with Crippen LogP contribution in [0, 0.1) is 17.8 Å². The average Bonchev–Trinajstić information content (AvgIpc) is 2.08. The third kappa shape index (κ3) is 65.8. The van der Waals surface area contributed by atoms with E-state index in [4.69, 9.17) is 37.0 Å². The molecule has 17 nitrogen and oxygen atoms in total. The second kappa shape index (κ2) is 64.7. The summed E-state index contributed by atoms with van der Waals surface area (Å²) in [5.41, 5.74) is 0. The predicted molar refractivity (Wildman–Crippen MR) is 377 cm³/mol. The molecule has 0 aromatic heterocycles. The van der Waals surface area contributed by atoms with Gasteiger partial charge in [-0.1, -0.05) is 325 Å². The van der Waals surface area contributed by atoms with Crippen LogP contribution in [0.4, 0.5) is 0 Å². The second-order valence-electron chi connectivity index (χ2n) is 27.6. The van der Waals surface area contributed by atoms with E-state index in [1.807, 2.05) is 0 Å². The van der Waals surface area contributed by atoms with Gasteiger partial charge in [-0.25, -0.2) is 9.13 Å². The quantitative estimate of drug-likeness (QED) is 0.0222. The Morgan fingerprint density at radius 2 is 0.548 bits per heavy atom. The van der Waals surface area contributed by atoms with E-state index in [-0.39, 0.29) is 25.7 Å². The lowest BCUT2D eigenvalue weighted by Crippen LogP contribution is -2.30. The van der Waals surface area contributed by atoms with Crippen molar-refractivity contribution in [3.63, 3.8) is 0 Å². The first-order valence-electron chi connectivity index (χ1n) is 38.4. The number of ether oxygens (including phenoxy) is 4. The molecule has 0 amide bonds. The molecule has 3 N–H and O–H groups in total. The summed E-state index contributed by atoms with van der Waals surface area (Å²) < 4.78 is 68.5. The second-order valence-corrected chi connectivity index (χ2v) is 30.6. The molecule has 19 heteroatoms. The van der Waals surface area contributed by atoms with Crippen molar-refractivity contribution in [3.8, 4) is 0 Å². The fourth-order valence-electron chi connectivity index (χ4n) is 11.2. The van der Waals surface area contributed by atoms with Crippen LogP contribution in [0.5, 0.6) is 0 Å². The third-order valence-electron chi connectivity index (χ3n) is 17.9. The molecule has 0 aliphatic carbocycles. The monoisotopic (exact) mass is 1370 g/mol. The standard InChI is InChI=1S/C74H144O17P2/c1-8-11-12-13-14-15-16-22-25-34-41-48-55-71(76)84-61-70(91-74(79)58-51-44-37-30-28-33-40-47-54-67(7)10-3)64-89-93(82,83)87-60-68(75)59-86-92(80,81)88-63-69(62-85-72(77)56-49-42-35-29-27-32-39-46-53-66(6)9-2)90-73(78)57-50-43-36-26-23-20-18-17-19-21-24-31-38-45-52-65(4)5/h65-70,75H,8-64H2,1-7H3,(H,80,81)(H,82,83)/t66?,67?,68-,69-,70-/m1/s1. The predicted octanol–water partition coefficient (Wildman–Crippen LogP) is 21.4. The van der Waals surface area contributed by atoms with Gasteiger partial charge in [-0.2, -0.15) is 0 Å². The molecule has 0 aromatic rings. The van der Waals surface area contributed by atoms with Gasteiger partial charge in [-0.3, -0.25) is 37.3 Å². The topological polar surface area (TPSA) is 237 Å². The molecule has 4 unspecified atom stereocenters. The lowest BCUT2D eigenvalue weighted by Gasteiger charge is -2.21. The van der Waals surface area contributed by atoms with Crippen molar-refractivity contribution in [1.29, 1.82) is 0 Å². The van der Waals surface area contributed by atoms with Crippen molar-refractivity contribution in [2.45, 2.75) is 394 Å². The van der Waals surface area contributed by atoms with Crippen LogP contribution in [0.25, 0.3) is 0 Å². The first-order valence-corrected chi connectivity index (χ1v) is 41.4. The minimum atomic E-state index is -4.96. The highest BCUT2D eigenvalue weighted by molar-refractivity contribution is 7.47. The Morgan fingerprint density at radius 3 is 0.817 bits per heavy atom. The molecule has 0 aliphatic rings. The van der Waals surface area contributed by atoms with E-state index in [1.54, 1.807) is 0 Å². The first kappa shape index (κ1) is 91.1. The van der Waals surface area contributed by atoms with E-state index in [0.29, 0.717) is 25.7 Å². The number of hydrogen-bond acceptors (Lipinski definition) is 15. The van der Waals surface area contributed by atoms with Gasteiger partial charge in [0.25, 0.3) is 0 Å². The summed E-state index contributed by atoms with van der Waals surface area (Å²) in [7, 11) is -9.91. The van der Waals surface area contributed by atoms with Gasteiger partial charge in [0.1, 0.15) is 19.3 Å². The Morgan fingerprint density at radius 1 is 0.312 bits per heavy atom. The van der Waals surface area contributed by atoms with Crippen LogP contribution >= 0.6 is 15.6 Å².